The highest BCUT2D eigenvalue weighted by Crippen LogP contribution is 2.25. The van der Waals surface area contributed by atoms with Gasteiger partial charge < -0.3 is 20.3 Å². The third-order valence-corrected chi connectivity index (χ3v) is 3.94. The zero-order valence-electron chi connectivity index (χ0n) is 17.2. The Morgan fingerprint density at radius 2 is 1.72 bits per heavy atom. The van der Waals surface area contributed by atoms with E-state index >= 15 is 0 Å². The zero-order valence-corrected chi connectivity index (χ0v) is 17.2. The number of benzene rings is 2. The second-order valence-electron chi connectivity index (χ2n) is 6.86. The summed E-state index contributed by atoms with van der Waals surface area (Å²) in [6.07, 6.45) is 0.0945. The highest BCUT2D eigenvalue weighted by atomic mass is 16.5. The van der Waals surface area contributed by atoms with Crippen LogP contribution in [0.25, 0.3) is 0 Å². The van der Waals surface area contributed by atoms with Crippen molar-refractivity contribution in [2.45, 2.75) is 40.2 Å². The maximum Gasteiger partial charge on any atom is 0.226 e. The summed E-state index contributed by atoms with van der Waals surface area (Å²) >= 11 is 0. The number of para-hydroxylation sites is 2. The molecule has 0 atom stereocenters. The number of carbonyl (C=O) groups is 3. The summed E-state index contributed by atoms with van der Waals surface area (Å²) in [7, 11) is 0. The summed E-state index contributed by atoms with van der Waals surface area (Å²) in [5.41, 5.74) is 1.79. The van der Waals surface area contributed by atoms with Gasteiger partial charge in [0.05, 0.1) is 11.8 Å². The molecule has 0 bridgehead atoms. The van der Waals surface area contributed by atoms with Gasteiger partial charge in [0, 0.05) is 38.2 Å². The number of carbonyl (C=O) groups excluding carboxylic acids is 3. The van der Waals surface area contributed by atoms with Crippen LogP contribution in [0.5, 0.6) is 5.75 Å². The van der Waals surface area contributed by atoms with Crippen LogP contribution in [0.2, 0.25) is 0 Å². The first-order valence-electron chi connectivity index (χ1n) is 9.47. The van der Waals surface area contributed by atoms with E-state index in [2.05, 4.69) is 10.6 Å². The quantitative estimate of drug-likeness (QED) is 0.709. The molecule has 2 aromatic rings. The van der Waals surface area contributed by atoms with E-state index in [1.54, 1.807) is 36.4 Å². The molecular formula is C22H27N3O4. The summed E-state index contributed by atoms with van der Waals surface area (Å²) in [4.78, 5) is 37.3. The molecule has 0 unspecified atom stereocenters. The van der Waals surface area contributed by atoms with Crippen LogP contribution in [0.4, 0.5) is 17.1 Å². The van der Waals surface area contributed by atoms with E-state index in [1.807, 2.05) is 26.0 Å². The smallest absolute Gasteiger partial charge is 0.226 e. The Balaban J connectivity index is 2.05. The molecule has 7 nitrogen and oxygen atoms in total. The van der Waals surface area contributed by atoms with Crippen LogP contribution in [-0.4, -0.2) is 30.4 Å². The van der Waals surface area contributed by atoms with Gasteiger partial charge in [-0.05, 0) is 44.2 Å². The molecule has 154 valence electrons. The van der Waals surface area contributed by atoms with Gasteiger partial charge in [-0.3, -0.25) is 14.4 Å². The first kappa shape index (κ1) is 21.9. The summed E-state index contributed by atoms with van der Waals surface area (Å²) in [5, 5.41) is 5.53. The lowest BCUT2D eigenvalue weighted by molar-refractivity contribution is -0.117. The molecule has 0 aromatic heterocycles. The highest BCUT2D eigenvalue weighted by molar-refractivity contribution is 5.96. The second-order valence-corrected chi connectivity index (χ2v) is 6.86. The maximum atomic E-state index is 12.5. The number of amides is 3. The molecule has 2 N–H and O–H groups in total. The number of rotatable bonds is 8. The fraction of sp³-hybridized carbons (Fsp3) is 0.318. The molecule has 29 heavy (non-hydrogen) atoms. The van der Waals surface area contributed by atoms with Gasteiger partial charge in [0.15, 0.2) is 0 Å². The predicted molar refractivity (Wildman–Crippen MR) is 114 cm³/mol. The number of nitrogens with zero attached hydrogens (tertiary/aromatic N) is 1. The minimum Gasteiger partial charge on any atom is -0.489 e. The van der Waals surface area contributed by atoms with Gasteiger partial charge in [-0.25, -0.2) is 0 Å². The largest absolute Gasteiger partial charge is 0.489 e. The molecule has 0 fully saturated rings. The van der Waals surface area contributed by atoms with E-state index in [9.17, 15) is 14.4 Å². The van der Waals surface area contributed by atoms with Gasteiger partial charge in [0.2, 0.25) is 17.7 Å². The van der Waals surface area contributed by atoms with Crippen molar-refractivity contribution >= 4 is 34.8 Å². The van der Waals surface area contributed by atoms with E-state index in [1.165, 1.54) is 18.7 Å². The lowest BCUT2D eigenvalue weighted by Crippen LogP contribution is -2.32. The Labute approximate surface area is 171 Å². The third kappa shape index (κ3) is 6.95. The van der Waals surface area contributed by atoms with E-state index in [4.69, 9.17) is 4.74 Å². The molecule has 7 heteroatoms. The van der Waals surface area contributed by atoms with Gasteiger partial charge in [0.1, 0.15) is 5.75 Å². The zero-order chi connectivity index (χ0) is 21.4. The monoisotopic (exact) mass is 397 g/mol. The van der Waals surface area contributed by atoms with Gasteiger partial charge >= 0.3 is 0 Å². The minimum atomic E-state index is -0.228. The number of ether oxygens (including phenoxy) is 1. The first-order valence-corrected chi connectivity index (χ1v) is 9.47. The van der Waals surface area contributed by atoms with Crippen molar-refractivity contribution < 1.29 is 19.1 Å². The first-order chi connectivity index (χ1) is 13.8. The average Bonchev–Trinajstić information content (AvgIpc) is 2.62. The lowest BCUT2D eigenvalue weighted by Gasteiger charge is -2.22. The Bertz CT molecular complexity index is 880. The van der Waals surface area contributed by atoms with Crippen LogP contribution >= 0.6 is 0 Å². The molecule has 0 saturated carbocycles. The Kier molecular flexibility index (Phi) is 7.77. The van der Waals surface area contributed by atoms with Gasteiger partial charge in [-0.15, -0.1) is 0 Å². The normalized spacial score (nSPS) is 10.4. The Morgan fingerprint density at radius 3 is 2.38 bits per heavy atom. The van der Waals surface area contributed by atoms with Crippen LogP contribution in [0.15, 0.2) is 48.5 Å². The van der Waals surface area contributed by atoms with Crippen molar-refractivity contribution in [3.63, 3.8) is 0 Å². The van der Waals surface area contributed by atoms with Crippen LogP contribution in [-0.2, 0) is 14.4 Å². The number of anilines is 3. The third-order valence-electron chi connectivity index (χ3n) is 3.94. The lowest BCUT2D eigenvalue weighted by atomic mass is 10.2. The van der Waals surface area contributed by atoms with Crippen LogP contribution < -0.4 is 20.3 Å². The van der Waals surface area contributed by atoms with Crippen molar-refractivity contribution in [2.75, 3.05) is 22.1 Å². The van der Waals surface area contributed by atoms with E-state index in [-0.39, 0.29) is 36.8 Å². The van der Waals surface area contributed by atoms with Crippen molar-refractivity contribution in [3.05, 3.63) is 48.5 Å². The summed E-state index contributed by atoms with van der Waals surface area (Å²) in [5.74, 6) is -0.0177. The second kappa shape index (κ2) is 10.3. The van der Waals surface area contributed by atoms with Crippen molar-refractivity contribution in [3.8, 4) is 5.75 Å². The van der Waals surface area contributed by atoms with Crippen LogP contribution in [0, 0.1) is 0 Å². The molecule has 0 radical (unpaired) electrons. The molecule has 0 aliphatic carbocycles. The molecule has 3 amide bonds. The highest BCUT2D eigenvalue weighted by Gasteiger charge is 2.15. The molecule has 0 aliphatic heterocycles. The molecule has 2 rings (SSSR count). The molecule has 0 aliphatic rings. The van der Waals surface area contributed by atoms with Crippen molar-refractivity contribution in [2.24, 2.45) is 0 Å². The van der Waals surface area contributed by atoms with Crippen LogP contribution in [0.3, 0.4) is 0 Å². The van der Waals surface area contributed by atoms with Gasteiger partial charge in [-0.2, -0.15) is 0 Å². The van der Waals surface area contributed by atoms with E-state index < -0.39 is 0 Å². The summed E-state index contributed by atoms with van der Waals surface area (Å²) in [6, 6.07) is 14.2. The predicted octanol–water partition coefficient (Wildman–Crippen LogP) is 3.81. The minimum absolute atomic E-state index is 0.0165. The average molecular weight is 397 g/mol. The topological polar surface area (TPSA) is 87.7 Å². The van der Waals surface area contributed by atoms with Crippen molar-refractivity contribution in [1.82, 2.24) is 0 Å². The molecular weight excluding hydrogens is 370 g/mol. The maximum absolute atomic E-state index is 12.5. The summed E-state index contributed by atoms with van der Waals surface area (Å²) < 4.78 is 5.71. The van der Waals surface area contributed by atoms with Crippen molar-refractivity contribution in [1.29, 1.82) is 0 Å². The standard InChI is InChI=1S/C22H27N3O4/c1-15(2)29-21-11-6-5-10-20(21)24-22(28)12-13-25(17(4)27)19-9-7-8-18(14-19)23-16(3)26/h5-11,14-15H,12-13H2,1-4H3,(H,23,26)(H,24,28). The molecule has 0 heterocycles. The number of hydrogen-bond donors (Lipinski definition) is 2. The Morgan fingerprint density at radius 1 is 1.00 bits per heavy atom. The number of hydrogen-bond acceptors (Lipinski definition) is 4. The van der Waals surface area contributed by atoms with Gasteiger partial charge in [0.25, 0.3) is 0 Å². The molecule has 2 aromatic carbocycles. The number of nitrogens with one attached hydrogen (secondary N) is 2. The molecule has 0 saturated heterocycles. The fourth-order valence-electron chi connectivity index (χ4n) is 2.78. The van der Waals surface area contributed by atoms with Gasteiger partial charge in [-0.1, -0.05) is 18.2 Å². The van der Waals surface area contributed by atoms with Crippen LogP contribution in [0.1, 0.15) is 34.1 Å². The Hall–Kier alpha value is -3.35. The fourth-order valence-corrected chi connectivity index (χ4v) is 2.78. The molecule has 0 spiro atoms. The van der Waals surface area contributed by atoms with E-state index in [0.717, 1.165) is 0 Å². The SMILES string of the molecule is CC(=O)Nc1cccc(N(CCC(=O)Nc2ccccc2OC(C)C)C(C)=O)c1. The van der Waals surface area contributed by atoms with E-state index in [0.29, 0.717) is 22.8 Å². The summed E-state index contributed by atoms with van der Waals surface area (Å²) in [6.45, 7) is 6.89.